The average molecular weight is 336 g/mol. The number of amides is 1. The molecule has 3 rings (SSSR count). The van der Waals surface area contributed by atoms with Gasteiger partial charge in [0.25, 0.3) is 0 Å². The van der Waals surface area contributed by atoms with Gasteiger partial charge in [-0.05, 0) is 24.0 Å². The molecule has 0 atom stereocenters. The topological polar surface area (TPSA) is 46.3 Å². The van der Waals surface area contributed by atoms with Crippen LogP contribution in [-0.4, -0.2) is 16.3 Å². The lowest BCUT2D eigenvalue weighted by atomic mass is 9.77. The van der Waals surface area contributed by atoms with Crippen LogP contribution < -0.4 is 5.73 Å². The number of nitrogens with two attached hydrogens (primary N) is 1. The number of rotatable bonds is 7. The van der Waals surface area contributed by atoms with Crippen molar-refractivity contribution in [2.45, 2.75) is 57.2 Å². The Morgan fingerprint density at radius 1 is 0.840 bits per heavy atom. The summed E-state index contributed by atoms with van der Waals surface area (Å²) in [6.45, 7) is 1.70. The number of hydrogen-bond acceptors (Lipinski definition) is 2. The summed E-state index contributed by atoms with van der Waals surface area (Å²) in [5, 5.41) is 0. The SMILES string of the molecule is NC(=O)CC1(N(Cc2ccccc2)Cc2ccccc2)CCCCC1. The largest absolute Gasteiger partial charge is 0.370 e. The first kappa shape index (κ1) is 17.7. The second kappa shape index (κ2) is 8.30. The van der Waals surface area contributed by atoms with Crippen molar-refractivity contribution in [3.05, 3.63) is 71.8 Å². The molecule has 3 heteroatoms. The van der Waals surface area contributed by atoms with Crippen LogP contribution in [0.2, 0.25) is 0 Å². The highest BCUT2D eigenvalue weighted by molar-refractivity contribution is 5.75. The Labute approximate surface area is 150 Å². The zero-order valence-electron chi connectivity index (χ0n) is 14.9. The Morgan fingerprint density at radius 2 is 1.32 bits per heavy atom. The zero-order valence-corrected chi connectivity index (χ0v) is 14.9. The van der Waals surface area contributed by atoms with Gasteiger partial charge in [-0.25, -0.2) is 0 Å². The molecule has 1 aliphatic carbocycles. The van der Waals surface area contributed by atoms with Crippen molar-refractivity contribution >= 4 is 5.91 Å². The standard InChI is InChI=1S/C22H28N2O/c23-21(25)16-22(14-8-3-9-15-22)24(17-19-10-4-1-5-11-19)18-20-12-6-2-7-13-20/h1-2,4-7,10-13H,3,8-9,14-18H2,(H2,23,25). The Hall–Kier alpha value is -2.13. The molecule has 2 aromatic carbocycles. The van der Waals surface area contributed by atoms with Crippen LogP contribution in [0.1, 0.15) is 49.7 Å². The van der Waals surface area contributed by atoms with E-state index >= 15 is 0 Å². The molecule has 0 aliphatic heterocycles. The molecule has 2 N–H and O–H groups in total. The molecule has 1 amide bonds. The molecule has 1 fully saturated rings. The van der Waals surface area contributed by atoms with E-state index in [1.54, 1.807) is 0 Å². The fourth-order valence-corrected chi connectivity index (χ4v) is 4.14. The first-order valence-corrected chi connectivity index (χ1v) is 9.29. The highest BCUT2D eigenvalue weighted by atomic mass is 16.1. The molecule has 0 bridgehead atoms. The smallest absolute Gasteiger partial charge is 0.219 e. The van der Waals surface area contributed by atoms with Crippen molar-refractivity contribution in [1.29, 1.82) is 0 Å². The van der Waals surface area contributed by atoms with Gasteiger partial charge in [-0.15, -0.1) is 0 Å². The Morgan fingerprint density at radius 3 is 1.76 bits per heavy atom. The Balaban J connectivity index is 1.90. The highest BCUT2D eigenvalue weighted by Crippen LogP contribution is 2.38. The quantitative estimate of drug-likeness (QED) is 0.821. The van der Waals surface area contributed by atoms with E-state index in [1.807, 2.05) is 12.1 Å². The number of carbonyl (C=O) groups excluding carboxylic acids is 1. The fourth-order valence-electron chi connectivity index (χ4n) is 4.14. The molecule has 0 aromatic heterocycles. The van der Waals surface area contributed by atoms with Gasteiger partial charge in [-0.2, -0.15) is 0 Å². The lowest BCUT2D eigenvalue weighted by Gasteiger charge is -2.46. The lowest BCUT2D eigenvalue weighted by molar-refractivity contribution is -0.122. The van der Waals surface area contributed by atoms with Crippen molar-refractivity contribution < 1.29 is 4.79 Å². The number of carbonyl (C=O) groups is 1. The third-order valence-corrected chi connectivity index (χ3v) is 5.39. The summed E-state index contributed by atoms with van der Waals surface area (Å²) in [5.41, 5.74) is 8.12. The van der Waals surface area contributed by atoms with Crippen LogP contribution in [0.3, 0.4) is 0 Å². The van der Waals surface area contributed by atoms with Crippen LogP contribution >= 0.6 is 0 Å². The van der Waals surface area contributed by atoms with Crippen LogP contribution in [0.25, 0.3) is 0 Å². The average Bonchev–Trinajstić information content (AvgIpc) is 2.63. The minimum absolute atomic E-state index is 0.115. The van der Waals surface area contributed by atoms with Crippen molar-refractivity contribution in [3.63, 3.8) is 0 Å². The fraction of sp³-hybridized carbons (Fsp3) is 0.409. The third kappa shape index (κ3) is 4.70. The minimum atomic E-state index is -0.187. The van der Waals surface area contributed by atoms with Crippen LogP contribution in [0.4, 0.5) is 0 Å². The van der Waals surface area contributed by atoms with Crippen molar-refractivity contribution in [1.82, 2.24) is 4.90 Å². The van der Waals surface area contributed by atoms with Gasteiger partial charge in [-0.3, -0.25) is 9.69 Å². The number of primary amides is 1. The van der Waals surface area contributed by atoms with Gasteiger partial charge >= 0.3 is 0 Å². The van der Waals surface area contributed by atoms with Gasteiger partial charge < -0.3 is 5.73 Å². The van der Waals surface area contributed by atoms with Gasteiger partial charge in [0.2, 0.25) is 5.91 Å². The van der Waals surface area contributed by atoms with E-state index in [0.29, 0.717) is 6.42 Å². The Kier molecular flexibility index (Phi) is 5.87. The van der Waals surface area contributed by atoms with Gasteiger partial charge in [0.15, 0.2) is 0 Å². The molecule has 0 radical (unpaired) electrons. The van der Waals surface area contributed by atoms with E-state index in [0.717, 1.165) is 25.9 Å². The summed E-state index contributed by atoms with van der Waals surface area (Å²) in [4.78, 5) is 14.4. The van der Waals surface area contributed by atoms with Crippen LogP contribution in [0.15, 0.2) is 60.7 Å². The first-order chi connectivity index (χ1) is 12.2. The second-order valence-electron chi connectivity index (χ2n) is 7.26. The molecule has 0 unspecified atom stereocenters. The molecular weight excluding hydrogens is 308 g/mol. The van der Waals surface area contributed by atoms with E-state index in [2.05, 4.69) is 53.4 Å². The van der Waals surface area contributed by atoms with Crippen molar-refractivity contribution in [3.8, 4) is 0 Å². The predicted molar refractivity (Wildman–Crippen MR) is 102 cm³/mol. The van der Waals surface area contributed by atoms with Gasteiger partial charge in [0.1, 0.15) is 0 Å². The van der Waals surface area contributed by atoms with Crippen LogP contribution in [0.5, 0.6) is 0 Å². The lowest BCUT2D eigenvalue weighted by Crippen LogP contribution is -2.51. The second-order valence-corrected chi connectivity index (χ2v) is 7.26. The van der Waals surface area contributed by atoms with Crippen molar-refractivity contribution in [2.75, 3.05) is 0 Å². The molecule has 3 nitrogen and oxygen atoms in total. The molecule has 0 heterocycles. The van der Waals surface area contributed by atoms with E-state index < -0.39 is 0 Å². The summed E-state index contributed by atoms with van der Waals surface area (Å²) >= 11 is 0. The van der Waals surface area contributed by atoms with Crippen LogP contribution in [-0.2, 0) is 17.9 Å². The van der Waals surface area contributed by atoms with Gasteiger partial charge in [0.05, 0.1) is 0 Å². The summed E-state index contributed by atoms with van der Waals surface area (Å²) in [5.74, 6) is -0.187. The molecule has 0 spiro atoms. The maximum absolute atomic E-state index is 11.9. The number of nitrogens with zero attached hydrogens (tertiary/aromatic N) is 1. The molecule has 1 saturated carbocycles. The van der Waals surface area contributed by atoms with E-state index in [1.165, 1.54) is 30.4 Å². The summed E-state index contributed by atoms with van der Waals surface area (Å²) < 4.78 is 0. The molecular formula is C22H28N2O. The number of hydrogen-bond donors (Lipinski definition) is 1. The van der Waals surface area contributed by atoms with Gasteiger partial charge in [-0.1, -0.05) is 79.9 Å². The van der Waals surface area contributed by atoms with E-state index in [4.69, 9.17) is 5.73 Å². The Bertz CT molecular complexity index is 621. The summed E-state index contributed by atoms with van der Waals surface area (Å²) in [6, 6.07) is 21.1. The zero-order chi connectivity index (χ0) is 17.5. The van der Waals surface area contributed by atoms with Crippen LogP contribution in [0, 0.1) is 0 Å². The minimum Gasteiger partial charge on any atom is -0.370 e. The molecule has 2 aromatic rings. The molecule has 25 heavy (non-hydrogen) atoms. The molecule has 1 aliphatic rings. The number of benzene rings is 2. The van der Waals surface area contributed by atoms with Gasteiger partial charge in [0, 0.05) is 25.0 Å². The van der Waals surface area contributed by atoms with E-state index in [9.17, 15) is 4.79 Å². The predicted octanol–water partition coefficient (Wildman–Crippen LogP) is 4.27. The summed E-state index contributed by atoms with van der Waals surface area (Å²) in [6.07, 6.45) is 6.16. The maximum atomic E-state index is 11.9. The molecule has 132 valence electrons. The summed E-state index contributed by atoms with van der Waals surface area (Å²) in [7, 11) is 0. The third-order valence-electron chi connectivity index (χ3n) is 5.39. The normalized spacial score (nSPS) is 16.7. The van der Waals surface area contributed by atoms with Crippen molar-refractivity contribution in [2.24, 2.45) is 5.73 Å². The molecule has 0 saturated heterocycles. The maximum Gasteiger partial charge on any atom is 0.219 e. The van der Waals surface area contributed by atoms with E-state index in [-0.39, 0.29) is 11.4 Å². The first-order valence-electron chi connectivity index (χ1n) is 9.29. The monoisotopic (exact) mass is 336 g/mol. The highest BCUT2D eigenvalue weighted by Gasteiger charge is 2.39.